The molecular formula is C17H29ClN2S. The van der Waals surface area contributed by atoms with Crippen LogP contribution >= 0.6 is 22.9 Å². The highest BCUT2D eigenvalue weighted by molar-refractivity contribution is 7.10. The average Bonchev–Trinajstić information content (AvgIpc) is 2.94. The van der Waals surface area contributed by atoms with Crippen molar-refractivity contribution in [2.24, 2.45) is 0 Å². The highest BCUT2D eigenvalue weighted by Gasteiger charge is 2.40. The molecule has 1 aromatic rings. The fraction of sp³-hybridized carbons (Fsp3) is 0.765. The van der Waals surface area contributed by atoms with E-state index in [1.54, 1.807) is 11.3 Å². The first kappa shape index (κ1) is 17.3. The fourth-order valence-electron chi connectivity index (χ4n) is 3.41. The van der Waals surface area contributed by atoms with Crippen LogP contribution in [0.25, 0.3) is 0 Å². The van der Waals surface area contributed by atoms with E-state index in [4.69, 9.17) is 11.6 Å². The summed E-state index contributed by atoms with van der Waals surface area (Å²) in [5, 5.41) is 6.82. The first-order valence-electron chi connectivity index (χ1n) is 8.34. The monoisotopic (exact) mass is 328 g/mol. The van der Waals surface area contributed by atoms with Crippen LogP contribution in [0.3, 0.4) is 0 Å². The lowest BCUT2D eigenvalue weighted by molar-refractivity contribution is 0.0435. The quantitative estimate of drug-likeness (QED) is 0.749. The number of nitrogens with zero attached hydrogens (tertiary/aromatic N) is 1. The van der Waals surface area contributed by atoms with Gasteiger partial charge in [0.15, 0.2) is 0 Å². The van der Waals surface area contributed by atoms with Gasteiger partial charge in [-0.05, 0) is 63.7 Å². The van der Waals surface area contributed by atoms with Crippen LogP contribution in [-0.4, -0.2) is 30.1 Å². The highest BCUT2D eigenvalue weighted by atomic mass is 35.5. The van der Waals surface area contributed by atoms with Crippen LogP contribution in [0.5, 0.6) is 0 Å². The normalized spacial score (nSPS) is 21.1. The van der Waals surface area contributed by atoms with E-state index in [0.29, 0.717) is 6.04 Å². The molecule has 2 nitrogen and oxygen atoms in total. The molecule has 0 radical (unpaired) electrons. The molecule has 2 unspecified atom stereocenters. The summed E-state index contributed by atoms with van der Waals surface area (Å²) in [5.74, 6) is 0. The molecule has 120 valence electrons. The van der Waals surface area contributed by atoms with Crippen molar-refractivity contribution < 1.29 is 0 Å². The van der Waals surface area contributed by atoms with Crippen molar-refractivity contribution in [3.63, 3.8) is 0 Å². The van der Waals surface area contributed by atoms with Gasteiger partial charge in [0.25, 0.3) is 0 Å². The van der Waals surface area contributed by atoms with Crippen molar-refractivity contribution >= 4 is 22.9 Å². The van der Waals surface area contributed by atoms with Gasteiger partial charge in [-0.25, -0.2) is 0 Å². The van der Waals surface area contributed by atoms with E-state index < -0.39 is 0 Å². The van der Waals surface area contributed by atoms with Gasteiger partial charge in [-0.1, -0.05) is 31.9 Å². The maximum Gasteiger partial charge on any atom is 0.0614 e. The molecule has 1 fully saturated rings. The molecule has 4 heteroatoms. The summed E-state index contributed by atoms with van der Waals surface area (Å²) in [6, 6.07) is 2.36. The zero-order chi connectivity index (χ0) is 15.3. The van der Waals surface area contributed by atoms with E-state index in [-0.39, 0.29) is 5.54 Å². The fourth-order valence-corrected chi connectivity index (χ4v) is 4.80. The van der Waals surface area contributed by atoms with Crippen molar-refractivity contribution in [1.82, 2.24) is 10.2 Å². The molecule has 0 saturated carbocycles. The van der Waals surface area contributed by atoms with Crippen molar-refractivity contribution in [2.75, 3.05) is 19.6 Å². The van der Waals surface area contributed by atoms with Crippen molar-refractivity contribution in [3.05, 3.63) is 21.3 Å². The molecule has 2 rings (SSSR count). The summed E-state index contributed by atoms with van der Waals surface area (Å²) in [7, 11) is 0. The minimum absolute atomic E-state index is 0.143. The van der Waals surface area contributed by atoms with Gasteiger partial charge in [-0.2, -0.15) is 0 Å². The molecule has 0 spiro atoms. The topological polar surface area (TPSA) is 15.3 Å². The summed E-state index contributed by atoms with van der Waals surface area (Å²) in [6.45, 7) is 10.4. The zero-order valence-corrected chi connectivity index (χ0v) is 15.2. The molecular weight excluding hydrogens is 300 g/mol. The molecule has 1 aliphatic rings. The number of rotatable bonds is 7. The molecule has 1 aliphatic heterocycles. The maximum atomic E-state index is 6.47. The van der Waals surface area contributed by atoms with Gasteiger partial charge in [0.2, 0.25) is 0 Å². The standard InChI is InChI=1S/C17H29ClN2S/c1-4-10-19-16(15-14(18)9-13-21-15)17(3,5-2)20-11-7-6-8-12-20/h9,13,16,19H,4-8,10-12H2,1-3H3. The number of nitrogens with one attached hydrogen (secondary N) is 1. The Morgan fingerprint density at radius 2 is 2.05 bits per heavy atom. The second-order valence-corrected chi connectivity index (χ2v) is 7.63. The van der Waals surface area contributed by atoms with Crippen LogP contribution in [0.15, 0.2) is 11.4 Å². The van der Waals surface area contributed by atoms with Crippen LogP contribution in [-0.2, 0) is 0 Å². The van der Waals surface area contributed by atoms with Crippen LogP contribution in [0, 0.1) is 0 Å². The van der Waals surface area contributed by atoms with E-state index in [1.807, 2.05) is 6.07 Å². The van der Waals surface area contributed by atoms with Crippen LogP contribution < -0.4 is 5.32 Å². The lowest BCUT2D eigenvalue weighted by atomic mass is 9.84. The Hall–Kier alpha value is -0.0900. The van der Waals surface area contributed by atoms with Crippen LogP contribution in [0.2, 0.25) is 5.02 Å². The summed E-state index contributed by atoms with van der Waals surface area (Å²) < 4.78 is 0. The first-order chi connectivity index (χ1) is 10.1. The van der Waals surface area contributed by atoms with Gasteiger partial charge in [0.1, 0.15) is 0 Å². The Morgan fingerprint density at radius 1 is 1.33 bits per heavy atom. The molecule has 0 aromatic carbocycles. The number of hydrogen-bond acceptors (Lipinski definition) is 3. The minimum atomic E-state index is 0.143. The zero-order valence-electron chi connectivity index (χ0n) is 13.6. The molecule has 1 N–H and O–H groups in total. The number of hydrogen-bond donors (Lipinski definition) is 1. The Labute approximate surface area is 138 Å². The molecule has 21 heavy (non-hydrogen) atoms. The van der Waals surface area contributed by atoms with Gasteiger partial charge in [0.05, 0.1) is 11.1 Å². The van der Waals surface area contributed by atoms with Gasteiger partial charge < -0.3 is 5.32 Å². The van der Waals surface area contributed by atoms with Crippen molar-refractivity contribution in [1.29, 1.82) is 0 Å². The average molecular weight is 329 g/mol. The predicted octanol–water partition coefficient (Wildman–Crippen LogP) is 5.10. The van der Waals surface area contributed by atoms with Crippen LogP contribution in [0.4, 0.5) is 0 Å². The Balaban J connectivity index is 2.29. The van der Waals surface area contributed by atoms with Gasteiger partial charge in [-0.3, -0.25) is 4.90 Å². The molecule has 1 saturated heterocycles. The predicted molar refractivity (Wildman–Crippen MR) is 94.5 cm³/mol. The molecule has 1 aromatic heterocycles. The number of thiophene rings is 1. The van der Waals surface area contributed by atoms with Gasteiger partial charge in [-0.15, -0.1) is 11.3 Å². The molecule has 0 aliphatic carbocycles. The number of likely N-dealkylation sites (tertiary alicyclic amines) is 1. The first-order valence-corrected chi connectivity index (χ1v) is 9.60. The lowest BCUT2D eigenvalue weighted by Gasteiger charge is -2.48. The maximum absolute atomic E-state index is 6.47. The third kappa shape index (κ3) is 3.82. The second-order valence-electron chi connectivity index (χ2n) is 6.28. The van der Waals surface area contributed by atoms with Crippen molar-refractivity contribution in [2.45, 2.75) is 64.5 Å². The molecule has 0 bridgehead atoms. The Morgan fingerprint density at radius 3 is 2.57 bits per heavy atom. The highest BCUT2D eigenvalue weighted by Crippen LogP contribution is 2.41. The van der Waals surface area contributed by atoms with E-state index in [9.17, 15) is 0 Å². The largest absolute Gasteiger partial charge is 0.308 e. The summed E-state index contributed by atoms with van der Waals surface area (Å²) in [6.07, 6.45) is 6.33. The van der Waals surface area contributed by atoms with E-state index in [0.717, 1.165) is 24.4 Å². The van der Waals surface area contributed by atoms with Crippen molar-refractivity contribution in [3.8, 4) is 0 Å². The Bertz CT molecular complexity index is 428. The smallest absolute Gasteiger partial charge is 0.0614 e. The Kier molecular flexibility index (Phi) is 6.54. The molecule has 2 heterocycles. The van der Waals surface area contributed by atoms with Crippen LogP contribution in [0.1, 0.15) is 63.8 Å². The molecule has 0 amide bonds. The number of halogens is 1. The minimum Gasteiger partial charge on any atom is -0.308 e. The third-order valence-corrected chi connectivity index (χ3v) is 6.34. The third-order valence-electron chi connectivity index (χ3n) is 4.92. The lowest BCUT2D eigenvalue weighted by Crippen LogP contribution is -2.55. The summed E-state index contributed by atoms with van der Waals surface area (Å²) in [5.41, 5.74) is 0.143. The van der Waals surface area contributed by atoms with E-state index in [2.05, 4.69) is 36.4 Å². The SMILES string of the molecule is CCCNC(c1sccc1Cl)C(C)(CC)N1CCCCC1. The molecule has 2 atom stereocenters. The number of piperidine rings is 1. The summed E-state index contributed by atoms with van der Waals surface area (Å²) >= 11 is 8.26. The second kappa shape index (κ2) is 7.96. The van der Waals surface area contributed by atoms with E-state index in [1.165, 1.54) is 37.2 Å². The summed E-state index contributed by atoms with van der Waals surface area (Å²) in [4.78, 5) is 4.00. The van der Waals surface area contributed by atoms with Gasteiger partial charge >= 0.3 is 0 Å². The van der Waals surface area contributed by atoms with Gasteiger partial charge in [0, 0.05) is 10.4 Å². The van der Waals surface area contributed by atoms with E-state index >= 15 is 0 Å².